The summed E-state index contributed by atoms with van der Waals surface area (Å²) in [7, 11) is 0. The number of amides is 1. The number of carbonyl (C=O) groups excluding carboxylic acids is 1. The van der Waals surface area contributed by atoms with Gasteiger partial charge in [-0.1, -0.05) is 61.9 Å². The van der Waals surface area contributed by atoms with Gasteiger partial charge in [-0.05, 0) is 36.2 Å². The quantitative estimate of drug-likeness (QED) is 0.333. The van der Waals surface area contributed by atoms with Crippen LogP contribution < -0.4 is 10.9 Å². The minimum atomic E-state index is -0.329. The molecule has 32 heavy (non-hydrogen) atoms. The maximum absolute atomic E-state index is 13.3. The highest BCUT2D eigenvalue weighted by atomic mass is 32.2. The molecule has 1 N–H and O–H groups in total. The Morgan fingerprint density at radius 3 is 2.56 bits per heavy atom. The molecule has 164 valence electrons. The fourth-order valence-corrected chi connectivity index (χ4v) is 3.93. The van der Waals surface area contributed by atoms with E-state index in [2.05, 4.69) is 27.4 Å². The predicted octanol–water partition coefficient (Wildman–Crippen LogP) is 4.19. The Hall–Kier alpha value is -3.46. The van der Waals surface area contributed by atoms with Crippen LogP contribution in [0, 0.1) is 0 Å². The van der Waals surface area contributed by atoms with E-state index >= 15 is 0 Å². The summed E-state index contributed by atoms with van der Waals surface area (Å²) in [6.45, 7) is 5.92. The van der Waals surface area contributed by atoms with Gasteiger partial charge in [-0.25, -0.2) is 4.98 Å². The third-order valence-electron chi connectivity index (χ3n) is 4.86. The van der Waals surface area contributed by atoms with E-state index in [4.69, 9.17) is 4.42 Å². The second kappa shape index (κ2) is 9.35. The number of anilines is 1. The minimum Gasteiger partial charge on any atom is -0.408 e. The van der Waals surface area contributed by atoms with Gasteiger partial charge >= 0.3 is 6.01 Å². The van der Waals surface area contributed by atoms with Crippen molar-refractivity contribution in [2.24, 2.45) is 0 Å². The Morgan fingerprint density at radius 1 is 1.12 bits per heavy atom. The van der Waals surface area contributed by atoms with Crippen LogP contribution in [0.4, 0.5) is 6.01 Å². The standard InChI is InChI=1S/C23H23N5O3S/c1-4-15-9-11-16(12-10-15)28-21(30)17-7-5-6-8-18(17)24-23(28)32-13-19(29)25-22-27-26-20(31-22)14(2)3/h5-12,14H,4,13H2,1-3H3,(H,25,27,29). The van der Waals surface area contributed by atoms with Gasteiger partial charge in [0.15, 0.2) is 5.16 Å². The summed E-state index contributed by atoms with van der Waals surface area (Å²) in [5.74, 6) is 0.215. The first-order chi connectivity index (χ1) is 15.5. The van der Waals surface area contributed by atoms with Crippen molar-refractivity contribution in [3.63, 3.8) is 0 Å². The molecule has 0 atom stereocenters. The van der Waals surface area contributed by atoms with Crippen molar-refractivity contribution in [1.29, 1.82) is 0 Å². The van der Waals surface area contributed by atoms with Crippen molar-refractivity contribution in [1.82, 2.24) is 19.7 Å². The summed E-state index contributed by atoms with van der Waals surface area (Å²) in [6, 6.07) is 15.0. The molecule has 2 heterocycles. The van der Waals surface area contributed by atoms with Gasteiger partial charge in [0.1, 0.15) is 0 Å². The number of hydrogen-bond donors (Lipinski definition) is 1. The SMILES string of the molecule is CCc1ccc(-n2c(SCC(=O)Nc3nnc(C(C)C)o3)nc3ccccc3c2=O)cc1. The van der Waals surface area contributed by atoms with Crippen molar-refractivity contribution in [3.05, 3.63) is 70.3 Å². The third-order valence-corrected chi connectivity index (χ3v) is 5.80. The van der Waals surface area contributed by atoms with Crippen molar-refractivity contribution in [2.45, 2.75) is 38.3 Å². The lowest BCUT2D eigenvalue weighted by Gasteiger charge is -2.13. The number of thioether (sulfide) groups is 1. The van der Waals surface area contributed by atoms with Gasteiger partial charge in [0.2, 0.25) is 11.8 Å². The molecule has 0 aliphatic rings. The zero-order valence-corrected chi connectivity index (χ0v) is 18.8. The minimum absolute atomic E-state index is 0.0250. The number of fused-ring (bicyclic) bond motifs is 1. The van der Waals surface area contributed by atoms with E-state index < -0.39 is 0 Å². The Labute approximate surface area is 189 Å². The van der Waals surface area contributed by atoms with E-state index in [1.165, 1.54) is 17.3 Å². The topological polar surface area (TPSA) is 103 Å². The van der Waals surface area contributed by atoms with Crippen LogP contribution >= 0.6 is 11.8 Å². The van der Waals surface area contributed by atoms with Crippen molar-refractivity contribution >= 4 is 34.6 Å². The summed E-state index contributed by atoms with van der Waals surface area (Å²) in [4.78, 5) is 30.4. The predicted molar refractivity (Wildman–Crippen MR) is 124 cm³/mol. The molecular weight excluding hydrogens is 426 g/mol. The molecule has 0 bridgehead atoms. The number of aryl methyl sites for hydroxylation is 1. The molecular formula is C23H23N5O3S. The Morgan fingerprint density at radius 2 is 1.88 bits per heavy atom. The molecule has 0 spiro atoms. The molecule has 0 aliphatic carbocycles. The molecule has 0 radical (unpaired) electrons. The maximum Gasteiger partial charge on any atom is 0.322 e. The van der Waals surface area contributed by atoms with Crippen LogP contribution in [0.1, 0.15) is 38.1 Å². The van der Waals surface area contributed by atoms with E-state index in [1.807, 2.05) is 50.2 Å². The first-order valence-corrected chi connectivity index (χ1v) is 11.3. The normalized spacial score (nSPS) is 11.2. The van der Waals surface area contributed by atoms with Gasteiger partial charge in [0.05, 0.1) is 22.3 Å². The highest BCUT2D eigenvalue weighted by Crippen LogP contribution is 2.22. The monoisotopic (exact) mass is 449 g/mol. The van der Waals surface area contributed by atoms with Gasteiger partial charge in [-0.2, -0.15) is 0 Å². The number of para-hydroxylation sites is 1. The highest BCUT2D eigenvalue weighted by Gasteiger charge is 2.16. The smallest absolute Gasteiger partial charge is 0.322 e. The Kier molecular flexibility index (Phi) is 6.36. The van der Waals surface area contributed by atoms with Crippen LogP contribution in [0.3, 0.4) is 0 Å². The van der Waals surface area contributed by atoms with Crippen LogP contribution in [-0.4, -0.2) is 31.4 Å². The number of rotatable bonds is 7. The molecule has 2 aromatic heterocycles. The third kappa shape index (κ3) is 4.57. The van der Waals surface area contributed by atoms with E-state index in [-0.39, 0.29) is 29.2 Å². The number of nitrogens with zero attached hydrogens (tertiary/aromatic N) is 4. The summed E-state index contributed by atoms with van der Waals surface area (Å²) in [6.07, 6.45) is 0.904. The van der Waals surface area contributed by atoms with Crippen LogP contribution in [0.2, 0.25) is 0 Å². The number of carbonyl (C=O) groups is 1. The lowest BCUT2D eigenvalue weighted by Crippen LogP contribution is -2.23. The van der Waals surface area contributed by atoms with Gasteiger partial charge in [0, 0.05) is 5.92 Å². The van der Waals surface area contributed by atoms with E-state index in [1.54, 1.807) is 16.7 Å². The number of benzene rings is 2. The van der Waals surface area contributed by atoms with Gasteiger partial charge in [-0.15, -0.1) is 5.10 Å². The second-order valence-electron chi connectivity index (χ2n) is 7.51. The van der Waals surface area contributed by atoms with Crippen LogP contribution in [0.25, 0.3) is 16.6 Å². The van der Waals surface area contributed by atoms with Crippen molar-refractivity contribution in [2.75, 3.05) is 11.1 Å². The van der Waals surface area contributed by atoms with Gasteiger partial charge in [0.25, 0.3) is 5.56 Å². The summed E-state index contributed by atoms with van der Waals surface area (Å²) in [5, 5.41) is 11.3. The molecule has 8 nitrogen and oxygen atoms in total. The summed E-state index contributed by atoms with van der Waals surface area (Å²) < 4.78 is 6.97. The van der Waals surface area contributed by atoms with Crippen molar-refractivity contribution in [3.8, 4) is 5.69 Å². The molecule has 4 rings (SSSR count). The molecule has 9 heteroatoms. The maximum atomic E-state index is 13.3. The molecule has 0 unspecified atom stereocenters. The molecule has 2 aromatic carbocycles. The average Bonchev–Trinajstić information content (AvgIpc) is 3.27. The van der Waals surface area contributed by atoms with E-state index in [9.17, 15) is 9.59 Å². The second-order valence-corrected chi connectivity index (χ2v) is 8.45. The average molecular weight is 450 g/mol. The highest BCUT2D eigenvalue weighted by molar-refractivity contribution is 7.99. The number of hydrogen-bond acceptors (Lipinski definition) is 7. The fraction of sp³-hybridized carbons (Fsp3) is 0.261. The molecule has 0 saturated carbocycles. The molecule has 0 aliphatic heterocycles. The summed E-state index contributed by atoms with van der Waals surface area (Å²) >= 11 is 1.17. The zero-order chi connectivity index (χ0) is 22.7. The van der Waals surface area contributed by atoms with Gasteiger partial charge in [-0.3, -0.25) is 19.5 Å². The Bertz CT molecular complexity index is 1310. The summed E-state index contributed by atoms with van der Waals surface area (Å²) in [5.41, 5.74) is 2.28. The first-order valence-electron chi connectivity index (χ1n) is 10.3. The van der Waals surface area contributed by atoms with Crippen LogP contribution in [0.5, 0.6) is 0 Å². The fourth-order valence-electron chi connectivity index (χ4n) is 3.12. The largest absolute Gasteiger partial charge is 0.408 e. The van der Waals surface area contributed by atoms with Crippen LogP contribution in [-0.2, 0) is 11.2 Å². The van der Waals surface area contributed by atoms with Crippen molar-refractivity contribution < 1.29 is 9.21 Å². The molecule has 4 aromatic rings. The first kappa shape index (κ1) is 21.8. The van der Waals surface area contributed by atoms with E-state index in [0.717, 1.165) is 6.42 Å². The molecule has 0 fully saturated rings. The number of aromatic nitrogens is 4. The molecule has 1 amide bonds. The molecule has 0 saturated heterocycles. The van der Waals surface area contributed by atoms with Gasteiger partial charge < -0.3 is 4.42 Å². The van der Waals surface area contributed by atoms with E-state index in [0.29, 0.717) is 27.6 Å². The lowest BCUT2D eigenvalue weighted by molar-refractivity contribution is -0.113. The lowest BCUT2D eigenvalue weighted by atomic mass is 10.1. The number of nitrogens with one attached hydrogen (secondary N) is 1. The Balaban J connectivity index is 1.63. The zero-order valence-electron chi connectivity index (χ0n) is 18.0. The van der Waals surface area contributed by atoms with Crippen LogP contribution in [0.15, 0.2) is 62.9 Å².